The fourth-order valence-electron chi connectivity index (χ4n) is 1.41. The van der Waals surface area contributed by atoms with Crippen LogP contribution in [0.2, 0.25) is 0 Å². The van der Waals surface area contributed by atoms with Crippen molar-refractivity contribution in [2.45, 2.75) is 0 Å². The molecule has 0 heterocycles. The Morgan fingerprint density at radius 1 is 0.737 bits per heavy atom. The van der Waals surface area contributed by atoms with Gasteiger partial charge in [-0.15, -0.1) is 4.33 Å². The van der Waals surface area contributed by atoms with Crippen molar-refractivity contribution < 1.29 is 9.22 Å². The molecule has 0 fully saturated rings. The number of hydrogen-bond acceptors (Lipinski definition) is 3. The van der Waals surface area contributed by atoms with E-state index in [0.717, 1.165) is 23.2 Å². The van der Waals surface area contributed by atoms with Crippen LogP contribution >= 0.6 is 12.0 Å². The molecule has 2 nitrogen and oxygen atoms in total. The van der Waals surface area contributed by atoms with Crippen molar-refractivity contribution in [3.8, 4) is 0 Å². The Morgan fingerprint density at radius 3 is 1.95 bits per heavy atom. The van der Waals surface area contributed by atoms with Gasteiger partial charge >= 0.3 is 0 Å². The summed E-state index contributed by atoms with van der Waals surface area (Å²) in [5.74, 6) is 0. The van der Waals surface area contributed by atoms with Crippen molar-refractivity contribution in [2.75, 3.05) is 0 Å². The SMILES string of the molecule is C(=C/c1ccccc1)/SOO/C=C/c1ccccc1. The molecule has 0 saturated carbocycles. The first kappa shape index (κ1) is 13.5. The van der Waals surface area contributed by atoms with Gasteiger partial charge in [0.1, 0.15) is 6.26 Å². The summed E-state index contributed by atoms with van der Waals surface area (Å²) in [6.45, 7) is 0. The highest BCUT2D eigenvalue weighted by Crippen LogP contribution is 2.10. The Kier molecular flexibility index (Phi) is 5.80. The Morgan fingerprint density at radius 2 is 1.32 bits per heavy atom. The molecule has 0 aliphatic carbocycles. The Balaban J connectivity index is 1.65. The number of benzene rings is 2. The molecule has 0 N–H and O–H groups in total. The molecule has 2 aromatic rings. The van der Waals surface area contributed by atoms with Gasteiger partial charge in [-0.05, 0) is 23.3 Å². The monoisotopic (exact) mass is 270 g/mol. The summed E-state index contributed by atoms with van der Waals surface area (Å²) in [5, 5.41) is 1.83. The third-order valence-corrected chi connectivity index (χ3v) is 2.71. The largest absolute Gasteiger partial charge is 0.333 e. The molecular weight excluding hydrogens is 256 g/mol. The third-order valence-electron chi connectivity index (χ3n) is 2.31. The lowest BCUT2D eigenvalue weighted by Crippen LogP contribution is -1.75. The van der Waals surface area contributed by atoms with E-state index in [9.17, 15) is 0 Å². The normalized spacial score (nSPS) is 11.2. The van der Waals surface area contributed by atoms with Crippen molar-refractivity contribution in [3.63, 3.8) is 0 Å². The summed E-state index contributed by atoms with van der Waals surface area (Å²) in [7, 11) is 0. The summed E-state index contributed by atoms with van der Waals surface area (Å²) in [6.07, 6.45) is 5.30. The van der Waals surface area contributed by atoms with Crippen LogP contribution in [0.5, 0.6) is 0 Å². The lowest BCUT2D eigenvalue weighted by molar-refractivity contribution is -0.127. The molecule has 0 atom stereocenters. The van der Waals surface area contributed by atoms with Crippen LogP contribution in [0.3, 0.4) is 0 Å². The van der Waals surface area contributed by atoms with Crippen molar-refractivity contribution in [3.05, 3.63) is 83.5 Å². The molecule has 3 heteroatoms. The van der Waals surface area contributed by atoms with Crippen LogP contribution < -0.4 is 0 Å². The molecule has 0 spiro atoms. The summed E-state index contributed by atoms with van der Waals surface area (Å²) in [6, 6.07) is 19.9. The fraction of sp³-hybridized carbons (Fsp3) is 0. The molecule has 96 valence electrons. The van der Waals surface area contributed by atoms with Gasteiger partial charge in [-0.1, -0.05) is 60.7 Å². The van der Waals surface area contributed by atoms with Crippen LogP contribution in [0.1, 0.15) is 11.1 Å². The van der Waals surface area contributed by atoms with Crippen LogP contribution in [0.4, 0.5) is 0 Å². The first-order chi connectivity index (χ1) is 9.45. The van der Waals surface area contributed by atoms with Gasteiger partial charge in [0.25, 0.3) is 0 Å². The van der Waals surface area contributed by atoms with E-state index >= 15 is 0 Å². The van der Waals surface area contributed by atoms with Crippen LogP contribution in [-0.2, 0) is 9.22 Å². The van der Waals surface area contributed by atoms with E-state index in [1.165, 1.54) is 6.26 Å². The van der Waals surface area contributed by atoms with Gasteiger partial charge in [0, 0.05) is 5.41 Å². The van der Waals surface area contributed by atoms with Gasteiger partial charge in [-0.3, -0.25) is 0 Å². The van der Waals surface area contributed by atoms with E-state index < -0.39 is 0 Å². The number of rotatable bonds is 6. The highest BCUT2D eigenvalue weighted by atomic mass is 32.2. The van der Waals surface area contributed by atoms with E-state index in [4.69, 9.17) is 9.22 Å². The zero-order valence-electron chi connectivity index (χ0n) is 10.3. The summed E-state index contributed by atoms with van der Waals surface area (Å²) in [4.78, 5) is 4.91. The van der Waals surface area contributed by atoms with Crippen LogP contribution in [-0.4, -0.2) is 0 Å². The average molecular weight is 270 g/mol. The quantitative estimate of drug-likeness (QED) is 0.244. The molecule has 0 aliphatic rings. The minimum absolute atomic E-state index is 1.07. The standard InChI is InChI=1S/C16H14O2S/c1-3-7-15(8-4-1)11-13-17-18-19-14-12-16-9-5-2-6-10-16/h1-14H/b13-11+,14-12-. The zero-order chi connectivity index (χ0) is 13.2. The van der Waals surface area contributed by atoms with Gasteiger partial charge in [0.15, 0.2) is 0 Å². The maximum atomic E-state index is 4.92. The molecular formula is C16H14O2S. The molecule has 0 bridgehead atoms. The first-order valence-electron chi connectivity index (χ1n) is 5.87. The maximum Gasteiger partial charge on any atom is 0.131 e. The van der Waals surface area contributed by atoms with Crippen LogP contribution in [0.15, 0.2) is 72.3 Å². The summed E-state index contributed by atoms with van der Waals surface area (Å²) >= 11 is 1.13. The van der Waals surface area contributed by atoms with Gasteiger partial charge in [-0.25, -0.2) is 0 Å². The summed E-state index contributed by atoms with van der Waals surface area (Å²) in [5.41, 5.74) is 2.19. The predicted octanol–water partition coefficient (Wildman–Crippen LogP) is 4.92. The van der Waals surface area contributed by atoms with E-state index in [0.29, 0.717) is 0 Å². The van der Waals surface area contributed by atoms with Crippen LogP contribution in [0.25, 0.3) is 12.2 Å². The maximum absolute atomic E-state index is 4.92. The van der Waals surface area contributed by atoms with E-state index in [-0.39, 0.29) is 0 Å². The molecule has 0 aromatic heterocycles. The molecule has 0 radical (unpaired) electrons. The topological polar surface area (TPSA) is 18.5 Å². The van der Waals surface area contributed by atoms with Gasteiger partial charge < -0.3 is 4.89 Å². The molecule has 0 aliphatic heterocycles. The molecule has 0 saturated heterocycles. The Hall–Kier alpha value is -1.97. The third kappa shape index (κ3) is 5.46. The van der Waals surface area contributed by atoms with Crippen molar-refractivity contribution in [2.24, 2.45) is 0 Å². The van der Waals surface area contributed by atoms with Gasteiger partial charge in [0.05, 0.1) is 12.0 Å². The van der Waals surface area contributed by atoms with E-state index in [1.807, 2.05) is 78.2 Å². The zero-order valence-corrected chi connectivity index (χ0v) is 11.1. The van der Waals surface area contributed by atoms with E-state index in [2.05, 4.69) is 0 Å². The lowest BCUT2D eigenvalue weighted by Gasteiger charge is -1.95. The molecule has 19 heavy (non-hydrogen) atoms. The second-order valence-corrected chi connectivity index (χ2v) is 4.29. The van der Waals surface area contributed by atoms with Crippen molar-refractivity contribution >= 4 is 24.2 Å². The average Bonchev–Trinajstić information content (AvgIpc) is 2.48. The minimum atomic E-state index is 1.07. The highest BCUT2D eigenvalue weighted by molar-refractivity contribution is 7.97. The molecule has 2 rings (SSSR count). The lowest BCUT2D eigenvalue weighted by atomic mass is 10.2. The summed E-state index contributed by atoms with van der Waals surface area (Å²) < 4.78 is 4.92. The van der Waals surface area contributed by atoms with Crippen molar-refractivity contribution in [1.82, 2.24) is 0 Å². The first-order valence-corrected chi connectivity index (χ1v) is 6.67. The van der Waals surface area contributed by atoms with Crippen molar-refractivity contribution in [1.29, 1.82) is 0 Å². The Labute approximate surface area is 117 Å². The van der Waals surface area contributed by atoms with Gasteiger partial charge in [0.2, 0.25) is 0 Å². The Bertz CT molecular complexity index is 471. The minimum Gasteiger partial charge on any atom is -0.333 e. The number of hydrogen-bond donors (Lipinski definition) is 0. The smallest absolute Gasteiger partial charge is 0.131 e. The highest BCUT2D eigenvalue weighted by Gasteiger charge is 1.85. The van der Waals surface area contributed by atoms with Gasteiger partial charge in [-0.2, -0.15) is 0 Å². The molecule has 0 amide bonds. The van der Waals surface area contributed by atoms with E-state index in [1.54, 1.807) is 0 Å². The fourth-order valence-corrected chi connectivity index (χ4v) is 1.76. The molecule has 2 aromatic carbocycles. The predicted molar refractivity (Wildman–Crippen MR) is 80.7 cm³/mol. The molecule has 0 unspecified atom stereocenters. The second kappa shape index (κ2) is 8.19. The van der Waals surface area contributed by atoms with Crippen LogP contribution in [0, 0.1) is 0 Å². The second-order valence-electron chi connectivity index (χ2n) is 3.69.